The van der Waals surface area contributed by atoms with E-state index in [4.69, 9.17) is 0 Å². The number of amides is 1. The van der Waals surface area contributed by atoms with Crippen molar-refractivity contribution in [3.63, 3.8) is 0 Å². The van der Waals surface area contributed by atoms with Crippen LogP contribution in [-0.2, 0) is 4.79 Å². The molecule has 3 rings (SSSR count). The van der Waals surface area contributed by atoms with Crippen molar-refractivity contribution >= 4 is 22.9 Å². The van der Waals surface area contributed by atoms with Gasteiger partial charge in [0.15, 0.2) is 11.5 Å². The van der Waals surface area contributed by atoms with Gasteiger partial charge >= 0.3 is 0 Å². The zero-order chi connectivity index (χ0) is 16.9. The largest absolute Gasteiger partial charge is 0.354 e. The fourth-order valence-corrected chi connectivity index (χ4v) is 2.55. The van der Waals surface area contributed by atoms with Gasteiger partial charge in [-0.25, -0.2) is 15.0 Å². The van der Waals surface area contributed by atoms with Crippen LogP contribution in [-0.4, -0.2) is 46.0 Å². The average Bonchev–Trinajstić information content (AvgIpc) is 3.09. The first kappa shape index (κ1) is 15.9. The van der Waals surface area contributed by atoms with Crippen LogP contribution in [0.15, 0.2) is 43.0 Å². The van der Waals surface area contributed by atoms with Crippen molar-refractivity contribution in [1.82, 2.24) is 25.3 Å². The number of hydrogen-bond donors (Lipinski definition) is 2. The van der Waals surface area contributed by atoms with E-state index in [9.17, 15) is 4.79 Å². The number of carbonyl (C=O) groups excluding carboxylic acids is 1. The number of imidazole rings is 1. The lowest BCUT2D eigenvalue weighted by atomic mass is 10.0. The molecule has 2 aromatic heterocycles. The summed E-state index contributed by atoms with van der Waals surface area (Å²) in [5, 5.41) is 2.97. The summed E-state index contributed by atoms with van der Waals surface area (Å²) in [5.74, 6) is 0.870. The van der Waals surface area contributed by atoms with Crippen molar-refractivity contribution in [3.8, 4) is 0 Å². The number of H-pyrrole nitrogens is 1. The molecule has 0 aliphatic carbocycles. The van der Waals surface area contributed by atoms with Crippen LogP contribution in [0, 0.1) is 0 Å². The molecular weight excluding hydrogens is 304 g/mol. The Kier molecular flexibility index (Phi) is 4.69. The van der Waals surface area contributed by atoms with Crippen molar-refractivity contribution in [2.75, 3.05) is 25.0 Å². The molecule has 1 aromatic carbocycles. The predicted molar refractivity (Wildman–Crippen MR) is 92.8 cm³/mol. The number of hydrogen-bond acceptors (Lipinski definition) is 5. The standard InChI is InChI=1S/C17H20N6O/c1-12(13-6-4-3-5-7-13)8-18-14(24)9-23(2)17-15-16(20-10-19-15)21-11-22-17/h3-7,10-12H,8-9H2,1-2H3,(H,18,24)(H,19,20,21,22). The van der Waals surface area contributed by atoms with Crippen molar-refractivity contribution in [2.24, 2.45) is 0 Å². The van der Waals surface area contributed by atoms with Gasteiger partial charge in [-0.15, -0.1) is 0 Å². The summed E-state index contributed by atoms with van der Waals surface area (Å²) in [6, 6.07) is 10.1. The Morgan fingerprint density at radius 1 is 1.25 bits per heavy atom. The van der Waals surface area contributed by atoms with Crippen LogP contribution in [0.5, 0.6) is 0 Å². The maximum Gasteiger partial charge on any atom is 0.239 e. The Labute approximate surface area is 140 Å². The second kappa shape index (κ2) is 7.08. The van der Waals surface area contributed by atoms with E-state index in [0.717, 1.165) is 5.52 Å². The quantitative estimate of drug-likeness (QED) is 0.721. The highest BCUT2D eigenvalue weighted by Crippen LogP contribution is 2.18. The fourth-order valence-electron chi connectivity index (χ4n) is 2.55. The number of aromatic amines is 1. The third-order valence-corrected chi connectivity index (χ3v) is 3.92. The number of carbonyl (C=O) groups is 1. The molecule has 1 amide bonds. The predicted octanol–water partition coefficient (Wildman–Crippen LogP) is 1.71. The average molecular weight is 324 g/mol. The Hall–Kier alpha value is -2.96. The minimum absolute atomic E-state index is 0.0495. The van der Waals surface area contributed by atoms with E-state index in [0.29, 0.717) is 18.0 Å². The minimum atomic E-state index is -0.0495. The van der Waals surface area contributed by atoms with Gasteiger partial charge < -0.3 is 15.2 Å². The molecule has 2 N–H and O–H groups in total. The summed E-state index contributed by atoms with van der Waals surface area (Å²) in [6.07, 6.45) is 3.02. The molecule has 0 aliphatic rings. The second-order valence-corrected chi connectivity index (χ2v) is 5.77. The number of nitrogens with one attached hydrogen (secondary N) is 2. The molecule has 0 spiro atoms. The lowest BCUT2D eigenvalue weighted by Crippen LogP contribution is -2.37. The van der Waals surface area contributed by atoms with Crippen molar-refractivity contribution in [3.05, 3.63) is 48.5 Å². The van der Waals surface area contributed by atoms with E-state index in [-0.39, 0.29) is 18.4 Å². The third kappa shape index (κ3) is 3.51. The highest BCUT2D eigenvalue weighted by atomic mass is 16.2. The number of anilines is 1. The zero-order valence-corrected chi connectivity index (χ0v) is 13.7. The third-order valence-electron chi connectivity index (χ3n) is 3.92. The fraction of sp³-hybridized carbons (Fsp3) is 0.294. The molecular formula is C17H20N6O. The summed E-state index contributed by atoms with van der Waals surface area (Å²) in [6.45, 7) is 2.91. The van der Waals surface area contributed by atoms with Gasteiger partial charge in [0, 0.05) is 13.6 Å². The van der Waals surface area contributed by atoms with Crippen LogP contribution < -0.4 is 10.2 Å². The van der Waals surface area contributed by atoms with Crippen LogP contribution in [0.3, 0.4) is 0 Å². The molecule has 0 bridgehead atoms. The number of benzene rings is 1. The Morgan fingerprint density at radius 2 is 2.04 bits per heavy atom. The molecule has 1 atom stereocenters. The minimum Gasteiger partial charge on any atom is -0.354 e. The maximum absolute atomic E-state index is 12.2. The normalized spacial score (nSPS) is 12.1. The zero-order valence-electron chi connectivity index (χ0n) is 13.7. The van der Waals surface area contributed by atoms with Crippen LogP contribution in [0.1, 0.15) is 18.4 Å². The molecule has 0 fully saturated rings. The SMILES string of the molecule is CC(CNC(=O)CN(C)c1ncnc2nc[nH]c12)c1ccccc1. The summed E-state index contributed by atoms with van der Waals surface area (Å²) in [5.41, 5.74) is 2.52. The molecule has 7 nitrogen and oxygen atoms in total. The number of likely N-dealkylation sites (N-methyl/N-ethyl adjacent to an activating group) is 1. The number of nitrogens with zero attached hydrogens (tertiary/aromatic N) is 4. The van der Waals surface area contributed by atoms with Gasteiger partial charge in [-0.3, -0.25) is 4.79 Å². The van der Waals surface area contributed by atoms with Gasteiger partial charge in [0.2, 0.25) is 5.91 Å². The van der Waals surface area contributed by atoms with Crippen LogP contribution >= 0.6 is 0 Å². The van der Waals surface area contributed by atoms with Crippen LogP contribution in [0.25, 0.3) is 11.2 Å². The van der Waals surface area contributed by atoms with Crippen molar-refractivity contribution in [2.45, 2.75) is 12.8 Å². The van der Waals surface area contributed by atoms with Gasteiger partial charge in [0.25, 0.3) is 0 Å². The molecule has 0 aliphatic heterocycles. The van der Waals surface area contributed by atoms with E-state index in [1.165, 1.54) is 11.9 Å². The Balaban J connectivity index is 1.58. The van der Waals surface area contributed by atoms with E-state index in [1.807, 2.05) is 25.2 Å². The highest BCUT2D eigenvalue weighted by Gasteiger charge is 2.14. The number of rotatable bonds is 6. The smallest absolute Gasteiger partial charge is 0.239 e. The monoisotopic (exact) mass is 324 g/mol. The molecule has 3 aromatic rings. The Morgan fingerprint density at radius 3 is 2.83 bits per heavy atom. The second-order valence-electron chi connectivity index (χ2n) is 5.77. The Bertz CT molecular complexity index is 816. The molecule has 0 saturated heterocycles. The summed E-state index contributed by atoms with van der Waals surface area (Å²) in [7, 11) is 1.82. The van der Waals surface area contributed by atoms with Crippen molar-refractivity contribution < 1.29 is 4.79 Å². The summed E-state index contributed by atoms with van der Waals surface area (Å²) in [4.78, 5) is 29.4. The summed E-state index contributed by atoms with van der Waals surface area (Å²) >= 11 is 0. The van der Waals surface area contributed by atoms with E-state index in [1.54, 1.807) is 11.2 Å². The molecule has 0 radical (unpaired) electrons. The lowest BCUT2D eigenvalue weighted by Gasteiger charge is -2.19. The highest BCUT2D eigenvalue weighted by molar-refractivity contribution is 5.86. The van der Waals surface area contributed by atoms with E-state index < -0.39 is 0 Å². The van der Waals surface area contributed by atoms with Crippen LogP contribution in [0.2, 0.25) is 0 Å². The molecule has 24 heavy (non-hydrogen) atoms. The first-order chi connectivity index (χ1) is 11.6. The topological polar surface area (TPSA) is 86.8 Å². The molecule has 124 valence electrons. The first-order valence-electron chi connectivity index (χ1n) is 7.82. The maximum atomic E-state index is 12.2. The van der Waals surface area contributed by atoms with Crippen LogP contribution in [0.4, 0.5) is 5.82 Å². The number of fused-ring (bicyclic) bond motifs is 1. The van der Waals surface area contributed by atoms with Gasteiger partial charge in [-0.2, -0.15) is 0 Å². The molecule has 0 saturated carbocycles. The number of aromatic nitrogens is 4. The van der Waals surface area contributed by atoms with E-state index >= 15 is 0 Å². The van der Waals surface area contributed by atoms with Gasteiger partial charge in [-0.05, 0) is 11.5 Å². The molecule has 7 heteroatoms. The van der Waals surface area contributed by atoms with Gasteiger partial charge in [-0.1, -0.05) is 37.3 Å². The van der Waals surface area contributed by atoms with Gasteiger partial charge in [0.05, 0.1) is 12.9 Å². The summed E-state index contributed by atoms with van der Waals surface area (Å²) < 4.78 is 0. The van der Waals surface area contributed by atoms with E-state index in [2.05, 4.69) is 44.3 Å². The molecule has 1 unspecified atom stereocenters. The first-order valence-corrected chi connectivity index (χ1v) is 7.82. The molecule has 2 heterocycles. The lowest BCUT2D eigenvalue weighted by molar-refractivity contribution is -0.119. The van der Waals surface area contributed by atoms with Crippen molar-refractivity contribution in [1.29, 1.82) is 0 Å². The van der Waals surface area contributed by atoms with Gasteiger partial charge in [0.1, 0.15) is 11.8 Å².